The highest BCUT2D eigenvalue weighted by Gasteiger charge is 2.34. The maximum atomic E-state index is 12.9. The van der Waals surface area contributed by atoms with Crippen LogP contribution in [0, 0.1) is 5.82 Å². The zero-order chi connectivity index (χ0) is 16.3. The zero-order valence-corrected chi connectivity index (χ0v) is 12.4. The molecule has 0 unspecified atom stereocenters. The van der Waals surface area contributed by atoms with E-state index >= 15 is 0 Å². The van der Waals surface area contributed by atoms with Gasteiger partial charge in [0.25, 0.3) is 11.8 Å². The highest BCUT2D eigenvalue weighted by Crippen LogP contribution is 2.19. The number of halogens is 1. The minimum Gasteiger partial charge on any atom is -0.503 e. The fraction of sp³-hybridized carbons (Fsp3) is 0.333. The number of likely N-dealkylation sites (N-methyl/N-ethyl adjacent to an activating group) is 1. The van der Waals surface area contributed by atoms with Crippen LogP contribution in [-0.2, 0) is 21.0 Å². The van der Waals surface area contributed by atoms with Crippen LogP contribution in [0.3, 0.4) is 0 Å². The van der Waals surface area contributed by atoms with E-state index in [-0.39, 0.29) is 31.1 Å². The van der Waals surface area contributed by atoms with Crippen LogP contribution in [0.25, 0.3) is 0 Å². The number of amides is 2. The van der Waals surface area contributed by atoms with Crippen LogP contribution in [0.4, 0.5) is 4.39 Å². The number of nitrogens with zero attached hydrogens (tertiary/aromatic N) is 2. The van der Waals surface area contributed by atoms with Crippen LogP contribution in [0.15, 0.2) is 35.6 Å². The monoisotopic (exact) mass is 308 g/mol. The van der Waals surface area contributed by atoms with Gasteiger partial charge in [-0.15, -0.1) is 0 Å². The second kappa shape index (κ2) is 6.57. The average Bonchev–Trinajstić information content (AvgIpc) is 2.76. The topological polar surface area (TPSA) is 70.1 Å². The summed E-state index contributed by atoms with van der Waals surface area (Å²) in [4.78, 5) is 30.5. The van der Waals surface area contributed by atoms with Crippen molar-refractivity contribution in [3.63, 3.8) is 0 Å². The third-order valence-corrected chi connectivity index (χ3v) is 3.24. The summed E-state index contributed by atoms with van der Waals surface area (Å²) < 4.78 is 12.9. The van der Waals surface area contributed by atoms with E-state index in [1.54, 1.807) is 6.92 Å². The van der Waals surface area contributed by atoms with Gasteiger partial charge in [0.15, 0.2) is 5.76 Å². The molecule has 1 aliphatic heterocycles. The van der Waals surface area contributed by atoms with Crippen molar-refractivity contribution < 1.29 is 23.9 Å². The van der Waals surface area contributed by atoms with Gasteiger partial charge in [-0.2, -0.15) is 0 Å². The first kappa shape index (κ1) is 16.0. The van der Waals surface area contributed by atoms with Gasteiger partial charge in [-0.05, 0) is 24.6 Å². The minimum absolute atomic E-state index is 0.0111. The molecular formula is C15H17FN2O4. The Morgan fingerprint density at radius 1 is 1.41 bits per heavy atom. The van der Waals surface area contributed by atoms with Gasteiger partial charge in [0.05, 0.1) is 25.3 Å². The molecule has 0 atom stereocenters. The molecule has 118 valence electrons. The maximum absolute atomic E-state index is 12.9. The van der Waals surface area contributed by atoms with Gasteiger partial charge in [0.2, 0.25) is 0 Å². The fourth-order valence-electron chi connectivity index (χ4n) is 2.10. The summed E-state index contributed by atoms with van der Waals surface area (Å²) in [7, 11) is 1.49. The van der Waals surface area contributed by atoms with Crippen molar-refractivity contribution in [1.29, 1.82) is 0 Å². The van der Waals surface area contributed by atoms with Gasteiger partial charge < -0.3 is 10.0 Å². The van der Waals surface area contributed by atoms with Crippen molar-refractivity contribution in [2.75, 3.05) is 20.2 Å². The Morgan fingerprint density at radius 2 is 2.05 bits per heavy atom. The summed E-state index contributed by atoms with van der Waals surface area (Å²) in [6, 6.07) is 5.64. The Morgan fingerprint density at radius 3 is 2.55 bits per heavy atom. The lowest BCUT2D eigenvalue weighted by Crippen LogP contribution is -2.33. The minimum atomic E-state index is -0.596. The van der Waals surface area contributed by atoms with E-state index in [1.165, 1.54) is 36.2 Å². The van der Waals surface area contributed by atoms with Gasteiger partial charge in [-0.3, -0.25) is 14.4 Å². The van der Waals surface area contributed by atoms with Gasteiger partial charge in [-0.25, -0.2) is 9.45 Å². The molecule has 0 fully saturated rings. The molecule has 0 aliphatic carbocycles. The van der Waals surface area contributed by atoms with Crippen molar-refractivity contribution in [3.8, 4) is 0 Å². The largest absolute Gasteiger partial charge is 0.503 e. The van der Waals surface area contributed by atoms with E-state index in [4.69, 9.17) is 4.84 Å². The number of hydrogen-bond donors (Lipinski definition) is 1. The number of carbonyl (C=O) groups is 2. The molecule has 0 radical (unpaired) electrons. The molecule has 22 heavy (non-hydrogen) atoms. The smallest absolute Gasteiger partial charge is 0.289 e. The summed E-state index contributed by atoms with van der Waals surface area (Å²) in [6.45, 7) is 2.06. The zero-order valence-electron chi connectivity index (χ0n) is 12.4. The first-order chi connectivity index (χ1) is 10.4. The molecule has 2 rings (SSSR count). The summed E-state index contributed by atoms with van der Waals surface area (Å²) in [5.41, 5.74) is 0.657. The average molecular weight is 308 g/mol. The van der Waals surface area contributed by atoms with E-state index in [0.29, 0.717) is 5.56 Å². The predicted molar refractivity (Wildman–Crippen MR) is 75.9 cm³/mol. The van der Waals surface area contributed by atoms with Crippen LogP contribution in [0.5, 0.6) is 0 Å². The quantitative estimate of drug-likeness (QED) is 0.835. The van der Waals surface area contributed by atoms with Crippen molar-refractivity contribution in [1.82, 2.24) is 9.96 Å². The highest BCUT2D eigenvalue weighted by atomic mass is 19.1. The number of aliphatic hydroxyl groups is 1. The normalized spacial score (nSPS) is 14.7. The summed E-state index contributed by atoms with van der Waals surface area (Å²) >= 11 is 0. The molecule has 6 nitrogen and oxygen atoms in total. The lowest BCUT2D eigenvalue weighted by atomic mass is 10.2. The number of benzene rings is 1. The third kappa shape index (κ3) is 3.25. The Bertz CT molecular complexity index is 612. The molecule has 7 heteroatoms. The summed E-state index contributed by atoms with van der Waals surface area (Å²) in [5, 5.41) is 10.8. The van der Waals surface area contributed by atoms with Crippen LogP contribution >= 0.6 is 0 Å². The van der Waals surface area contributed by atoms with Crippen LogP contribution in [0.1, 0.15) is 12.5 Å². The Labute approximate surface area is 127 Å². The number of carbonyl (C=O) groups excluding carboxylic acids is 2. The molecule has 1 aromatic rings. The number of hydroxylamine groups is 2. The molecule has 1 heterocycles. The van der Waals surface area contributed by atoms with E-state index < -0.39 is 17.6 Å². The van der Waals surface area contributed by atoms with Crippen LogP contribution < -0.4 is 0 Å². The van der Waals surface area contributed by atoms with E-state index in [1.807, 2.05) is 0 Å². The molecular weight excluding hydrogens is 291 g/mol. The van der Waals surface area contributed by atoms with Gasteiger partial charge in [-0.1, -0.05) is 12.1 Å². The Kier molecular flexibility index (Phi) is 4.77. The molecule has 1 aromatic carbocycles. The molecule has 1 N–H and O–H groups in total. The molecule has 0 aromatic heterocycles. The summed E-state index contributed by atoms with van der Waals surface area (Å²) in [5.74, 6) is -2.11. The molecule has 0 saturated heterocycles. The molecule has 1 aliphatic rings. The second-order valence-corrected chi connectivity index (χ2v) is 4.87. The van der Waals surface area contributed by atoms with Crippen molar-refractivity contribution in [2.45, 2.75) is 13.5 Å². The van der Waals surface area contributed by atoms with E-state index in [9.17, 15) is 19.1 Å². The Balaban J connectivity index is 2.19. The number of hydrogen-bond acceptors (Lipinski definition) is 4. The second-order valence-electron chi connectivity index (χ2n) is 4.87. The van der Waals surface area contributed by atoms with Gasteiger partial charge in [0, 0.05) is 7.05 Å². The SMILES string of the molecule is CCON(Cc1ccc(F)cc1)C(=O)C1=C(O)C(=O)N(C)C1. The first-order valence-electron chi connectivity index (χ1n) is 6.80. The summed E-state index contributed by atoms with van der Waals surface area (Å²) in [6.07, 6.45) is 0. The number of rotatable bonds is 5. The molecule has 0 spiro atoms. The molecule has 2 amide bonds. The standard InChI is InChI=1S/C15H17FN2O4/c1-3-22-18(8-10-4-6-11(16)7-5-10)14(20)12-9-17(2)15(21)13(12)19/h4-7,19H,3,8-9H2,1-2H3. The van der Waals surface area contributed by atoms with Gasteiger partial charge >= 0.3 is 0 Å². The van der Waals surface area contributed by atoms with Crippen molar-refractivity contribution in [2.24, 2.45) is 0 Å². The maximum Gasteiger partial charge on any atom is 0.289 e. The van der Waals surface area contributed by atoms with Gasteiger partial charge in [0.1, 0.15) is 5.82 Å². The fourth-order valence-corrected chi connectivity index (χ4v) is 2.10. The van der Waals surface area contributed by atoms with Crippen molar-refractivity contribution >= 4 is 11.8 Å². The number of aliphatic hydroxyl groups excluding tert-OH is 1. The first-order valence-corrected chi connectivity index (χ1v) is 6.80. The molecule has 0 bridgehead atoms. The van der Waals surface area contributed by atoms with E-state index in [2.05, 4.69) is 0 Å². The van der Waals surface area contributed by atoms with Crippen molar-refractivity contribution in [3.05, 3.63) is 47.0 Å². The highest BCUT2D eigenvalue weighted by molar-refractivity contribution is 6.06. The van der Waals surface area contributed by atoms with E-state index in [0.717, 1.165) is 5.06 Å². The van der Waals surface area contributed by atoms with Crippen LogP contribution in [0.2, 0.25) is 0 Å². The predicted octanol–water partition coefficient (Wildman–Crippen LogP) is 1.39. The lowest BCUT2D eigenvalue weighted by molar-refractivity contribution is -0.184. The Hall–Kier alpha value is -2.41. The third-order valence-electron chi connectivity index (χ3n) is 3.24. The molecule has 0 saturated carbocycles. The lowest BCUT2D eigenvalue weighted by Gasteiger charge is -2.22. The van der Waals surface area contributed by atoms with Crippen LogP contribution in [-0.4, -0.2) is 47.1 Å².